The van der Waals surface area contributed by atoms with Crippen molar-refractivity contribution in [3.05, 3.63) is 109 Å². The lowest BCUT2D eigenvalue weighted by molar-refractivity contribution is -0.140. The third-order valence-electron chi connectivity index (χ3n) is 5.61. The monoisotopic (exact) mass is 554 g/mol. The van der Waals surface area contributed by atoms with Crippen molar-refractivity contribution in [3.63, 3.8) is 0 Å². The van der Waals surface area contributed by atoms with Crippen LogP contribution in [0.25, 0.3) is 22.3 Å². The maximum atomic E-state index is 12.4. The SMILES string of the molecule is C=C(C)C(=O)OCCOC(=O)c1ccc(-c2cc(-c3ccc(OC(=O)C(=C)C)cc3)ccc2OC(=O)C(=C)C)cc1. The van der Waals surface area contributed by atoms with Crippen molar-refractivity contribution in [3.8, 4) is 33.8 Å². The number of ether oxygens (including phenoxy) is 4. The van der Waals surface area contributed by atoms with Crippen molar-refractivity contribution in [2.24, 2.45) is 0 Å². The van der Waals surface area contributed by atoms with Gasteiger partial charge in [0.1, 0.15) is 24.7 Å². The Balaban J connectivity index is 1.84. The number of esters is 4. The molecule has 0 bridgehead atoms. The molecule has 41 heavy (non-hydrogen) atoms. The fraction of sp³-hybridized carbons (Fsp3) is 0.152. The first-order valence-corrected chi connectivity index (χ1v) is 12.6. The van der Waals surface area contributed by atoms with E-state index in [1.807, 2.05) is 6.07 Å². The fourth-order valence-corrected chi connectivity index (χ4v) is 3.38. The second-order valence-corrected chi connectivity index (χ2v) is 9.20. The smallest absolute Gasteiger partial charge is 0.338 e. The van der Waals surface area contributed by atoms with E-state index in [0.29, 0.717) is 28.2 Å². The molecule has 8 nitrogen and oxygen atoms in total. The van der Waals surface area contributed by atoms with Crippen molar-refractivity contribution >= 4 is 23.9 Å². The standard InChI is InChI=1S/C33H30O8/c1-20(2)30(34)38-17-18-39-33(37)25-9-7-24(8-10-25)28-19-26(13-16-29(28)41-32(36)22(5)6)23-11-14-27(15-12-23)40-31(35)21(3)4/h7-16,19H,1,3,5,17-18H2,2,4,6H3. The lowest BCUT2D eigenvalue weighted by Crippen LogP contribution is -2.14. The van der Waals surface area contributed by atoms with Gasteiger partial charge in [-0.05, 0) is 73.9 Å². The maximum absolute atomic E-state index is 12.4. The van der Waals surface area contributed by atoms with E-state index in [-0.39, 0.29) is 29.9 Å². The van der Waals surface area contributed by atoms with Crippen molar-refractivity contribution in [2.45, 2.75) is 20.8 Å². The third kappa shape index (κ3) is 8.37. The largest absolute Gasteiger partial charge is 0.459 e. The van der Waals surface area contributed by atoms with Gasteiger partial charge in [-0.1, -0.05) is 50.1 Å². The number of hydrogen-bond donors (Lipinski definition) is 0. The summed E-state index contributed by atoms with van der Waals surface area (Å²) in [5.41, 5.74) is 3.99. The molecular weight excluding hydrogens is 524 g/mol. The van der Waals surface area contributed by atoms with Gasteiger partial charge in [0.25, 0.3) is 0 Å². The minimum absolute atomic E-state index is 0.0862. The van der Waals surface area contributed by atoms with Crippen molar-refractivity contribution in [1.29, 1.82) is 0 Å². The highest BCUT2D eigenvalue weighted by Crippen LogP contribution is 2.35. The van der Waals surface area contributed by atoms with Crippen LogP contribution in [-0.2, 0) is 23.9 Å². The quantitative estimate of drug-likeness (QED) is 0.118. The van der Waals surface area contributed by atoms with Gasteiger partial charge >= 0.3 is 23.9 Å². The van der Waals surface area contributed by atoms with Crippen LogP contribution in [0, 0.1) is 0 Å². The average molecular weight is 555 g/mol. The Labute approximate surface area is 238 Å². The van der Waals surface area contributed by atoms with Crippen LogP contribution in [0.3, 0.4) is 0 Å². The highest BCUT2D eigenvalue weighted by atomic mass is 16.6. The van der Waals surface area contributed by atoms with Crippen LogP contribution < -0.4 is 9.47 Å². The van der Waals surface area contributed by atoms with E-state index >= 15 is 0 Å². The Morgan fingerprint density at radius 2 is 1.10 bits per heavy atom. The zero-order valence-corrected chi connectivity index (χ0v) is 23.2. The lowest BCUT2D eigenvalue weighted by Gasteiger charge is -2.14. The van der Waals surface area contributed by atoms with E-state index in [1.165, 1.54) is 6.92 Å². The third-order valence-corrected chi connectivity index (χ3v) is 5.61. The summed E-state index contributed by atoms with van der Waals surface area (Å²) < 4.78 is 20.9. The Morgan fingerprint density at radius 1 is 0.585 bits per heavy atom. The van der Waals surface area contributed by atoms with Crippen molar-refractivity contribution < 1.29 is 38.1 Å². The van der Waals surface area contributed by atoms with E-state index in [9.17, 15) is 19.2 Å². The predicted molar refractivity (Wildman–Crippen MR) is 154 cm³/mol. The van der Waals surface area contributed by atoms with E-state index in [0.717, 1.165) is 11.1 Å². The molecule has 0 aliphatic carbocycles. The molecular formula is C33H30O8. The normalized spacial score (nSPS) is 10.2. The number of carbonyl (C=O) groups excluding carboxylic acids is 4. The van der Waals surface area contributed by atoms with Crippen LogP contribution in [0.4, 0.5) is 0 Å². The fourth-order valence-electron chi connectivity index (χ4n) is 3.38. The van der Waals surface area contributed by atoms with Crippen LogP contribution in [-0.4, -0.2) is 37.1 Å². The predicted octanol–water partition coefficient (Wildman–Crippen LogP) is 6.26. The molecule has 0 spiro atoms. The average Bonchev–Trinajstić information content (AvgIpc) is 2.95. The van der Waals surface area contributed by atoms with Gasteiger partial charge in [-0.15, -0.1) is 0 Å². The number of hydrogen-bond acceptors (Lipinski definition) is 8. The molecule has 0 saturated heterocycles. The first-order chi connectivity index (χ1) is 19.5. The van der Waals surface area contributed by atoms with Gasteiger partial charge in [0.2, 0.25) is 0 Å². The molecule has 210 valence electrons. The van der Waals surface area contributed by atoms with Crippen molar-refractivity contribution in [2.75, 3.05) is 13.2 Å². The van der Waals surface area contributed by atoms with E-state index in [2.05, 4.69) is 19.7 Å². The molecule has 3 aromatic carbocycles. The van der Waals surface area contributed by atoms with Gasteiger partial charge < -0.3 is 18.9 Å². The second kappa shape index (κ2) is 13.7. The van der Waals surface area contributed by atoms with E-state index in [1.54, 1.807) is 74.5 Å². The van der Waals surface area contributed by atoms with Gasteiger partial charge in [0, 0.05) is 22.3 Å². The van der Waals surface area contributed by atoms with E-state index in [4.69, 9.17) is 18.9 Å². The molecule has 0 saturated carbocycles. The van der Waals surface area contributed by atoms with Crippen molar-refractivity contribution in [1.82, 2.24) is 0 Å². The summed E-state index contributed by atoms with van der Waals surface area (Å²) in [5.74, 6) is -1.54. The van der Waals surface area contributed by atoms with Crippen LogP contribution >= 0.6 is 0 Å². The highest BCUT2D eigenvalue weighted by molar-refractivity contribution is 5.92. The zero-order valence-electron chi connectivity index (χ0n) is 23.2. The minimum Gasteiger partial charge on any atom is -0.459 e. The lowest BCUT2D eigenvalue weighted by atomic mass is 9.97. The summed E-state index contributed by atoms with van der Waals surface area (Å²) in [4.78, 5) is 48.0. The number of carbonyl (C=O) groups is 4. The van der Waals surface area contributed by atoms with E-state index < -0.39 is 23.9 Å². The Bertz CT molecular complexity index is 1510. The molecule has 0 heterocycles. The molecule has 0 fully saturated rings. The Kier molecular flexibility index (Phi) is 10.1. The summed E-state index contributed by atoms with van der Waals surface area (Å²) in [7, 11) is 0. The zero-order chi connectivity index (χ0) is 30.1. The molecule has 0 aliphatic heterocycles. The highest BCUT2D eigenvalue weighted by Gasteiger charge is 2.15. The van der Waals surface area contributed by atoms with Gasteiger partial charge in [0.05, 0.1) is 5.56 Å². The Morgan fingerprint density at radius 3 is 1.68 bits per heavy atom. The second-order valence-electron chi connectivity index (χ2n) is 9.20. The summed E-state index contributed by atoms with van der Waals surface area (Å²) in [6.45, 7) is 15.2. The molecule has 0 radical (unpaired) electrons. The molecule has 0 unspecified atom stereocenters. The molecule has 0 aromatic heterocycles. The summed E-state index contributed by atoms with van der Waals surface area (Å²) in [6.07, 6.45) is 0. The first-order valence-electron chi connectivity index (χ1n) is 12.6. The first kappa shape index (κ1) is 30.3. The maximum Gasteiger partial charge on any atom is 0.338 e. The van der Waals surface area contributed by atoms with Crippen LogP contribution in [0.5, 0.6) is 11.5 Å². The van der Waals surface area contributed by atoms with Crippen LogP contribution in [0.15, 0.2) is 103 Å². The molecule has 0 N–H and O–H groups in total. The topological polar surface area (TPSA) is 105 Å². The molecule has 3 aromatic rings. The molecule has 3 rings (SSSR count). The summed E-state index contributed by atoms with van der Waals surface area (Å²) in [6, 6.07) is 18.8. The van der Waals surface area contributed by atoms with Crippen LogP contribution in [0.1, 0.15) is 31.1 Å². The Hall–Kier alpha value is -5.24. The molecule has 0 aliphatic rings. The van der Waals surface area contributed by atoms with Gasteiger partial charge in [-0.25, -0.2) is 19.2 Å². The van der Waals surface area contributed by atoms with Crippen LogP contribution in [0.2, 0.25) is 0 Å². The summed E-state index contributed by atoms with van der Waals surface area (Å²) >= 11 is 0. The summed E-state index contributed by atoms with van der Waals surface area (Å²) in [5, 5.41) is 0. The number of rotatable bonds is 11. The molecule has 8 heteroatoms. The van der Waals surface area contributed by atoms with Gasteiger partial charge in [0.15, 0.2) is 0 Å². The molecule has 0 atom stereocenters. The minimum atomic E-state index is -0.585. The van der Waals surface area contributed by atoms with Gasteiger partial charge in [-0.2, -0.15) is 0 Å². The van der Waals surface area contributed by atoms with Gasteiger partial charge in [-0.3, -0.25) is 0 Å². The molecule has 0 amide bonds. The number of benzene rings is 3.